The summed E-state index contributed by atoms with van der Waals surface area (Å²) in [6.45, 7) is 8.92. The second kappa shape index (κ2) is 5.62. The first-order valence-corrected chi connectivity index (χ1v) is 7.57. The van der Waals surface area contributed by atoms with Crippen molar-refractivity contribution in [2.75, 3.05) is 26.2 Å². The number of aliphatic carboxylic acids is 1. The van der Waals surface area contributed by atoms with E-state index in [1.54, 1.807) is 4.90 Å². The molecule has 0 aromatic carbocycles. The molecular weight excluding hydrogens is 256 g/mol. The van der Waals surface area contributed by atoms with Crippen LogP contribution in [0, 0.1) is 17.3 Å². The van der Waals surface area contributed by atoms with Crippen LogP contribution in [-0.2, 0) is 4.79 Å². The van der Waals surface area contributed by atoms with E-state index in [1.807, 2.05) is 11.8 Å². The molecule has 1 N–H and O–H groups in total. The molecule has 2 saturated heterocycles. The standard InChI is InChI=1S/C15H26N2O3/c1-11-9-17(10-12(11)13(18)19)14(20)16-7-4-5-15(2,3)6-8-16/h11-12H,4-10H2,1-3H3,(H,18,19). The first kappa shape index (κ1) is 15.1. The number of nitrogens with zero attached hydrogens (tertiary/aromatic N) is 2. The molecule has 2 atom stereocenters. The third kappa shape index (κ3) is 3.25. The maximum absolute atomic E-state index is 12.5. The quantitative estimate of drug-likeness (QED) is 0.802. The monoisotopic (exact) mass is 282 g/mol. The average molecular weight is 282 g/mol. The number of carbonyl (C=O) groups excluding carboxylic acids is 1. The molecule has 2 aliphatic rings. The van der Waals surface area contributed by atoms with E-state index < -0.39 is 11.9 Å². The molecule has 2 heterocycles. The summed E-state index contributed by atoms with van der Waals surface area (Å²) in [7, 11) is 0. The normalized spacial score (nSPS) is 30.1. The van der Waals surface area contributed by atoms with Gasteiger partial charge in [-0.3, -0.25) is 4.79 Å². The minimum atomic E-state index is -0.787. The van der Waals surface area contributed by atoms with E-state index in [0.29, 0.717) is 18.5 Å². The Kier molecular flexibility index (Phi) is 4.25. The highest BCUT2D eigenvalue weighted by Crippen LogP contribution is 2.31. The largest absolute Gasteiger partial charge is 0.481 e. The van der Waals surface area contributed by atoms with Crippen LogP contribution in [0.3, 0.4) is 0 Å². The fourth-order valence-electron chi connectivity index (χ4n) is 3.26. The van der Waals surface area contributed by atoms with Crippen LogP contribution < -0.4 is 0 Å². The van der Waals surface area contributed by atoms with Gasteiger partial charge in [-0.05, 0) is 30.6 Å². The lowest BCUT2D eigenvalue weighted by Gasteiger charge is -2.27. The van der Waals surface area contributed by atoms with Crippen LogP contribution in [0.2, 0.25) is 0 Å². The van der Waals surface area contributed by atoms with Crippen LogP contribution >= 0.6 is 0 Å². The molecule has 0 saturated carbocycles. The van der Waals surface area contributed by atoms with Gasteiger partial charge < -0.3 is 14.9 Å². The van der Waals surface area contributed by atoms with Crippen molar-refractivity contribution < 1.29 is 14.7 Å². The molecule has 5 nitrogen and oxygen atoms in total. The van der Waals surface area contributed by atoms with Gasteiger partial charge in [-0.15, -0.1) is 0 Å². The van der Waals surface area contributed by atoms with Gasteiger partial charge in [0.25, 0.3) is 0 Å². The average Bonchev–Trinajstić information content (AvgIpc) is 2.65. The maximum Gasteiger partial charge on any atom is 0.320 e. The Morgan fingerprint density at radius 1 is 1.10 bits per heavy atom. The second-order valence-electron chi connectivity index (χ2n) is 7.11. The van der Waals surface area contributed by atoms with Crippen LogP contribution in [0.5, 0.6) is 0 Å². The topological polar surface area (TPSA) is 60.9 Å². The lowest BCUT2D eigenvalue weighted by Crippen LogP contribution is -2.43. The smallest absolute Gasteiger partial charge is 0.320 e. The van der Waals surface area contributed by atoms with E-state index in [9.17, 15) is 9.59 Å². The molecule has 0 radical (unpaired) electrons. The Morgan fingerprint density at radius 3 is 2.40 bits per heavy atom. The van der Waals surface area contributed by atoms with E-state index in [0.717, 1.165) is 32.4 Å². The molecule has 2 rings (SSSR count). The number of amides is 2. The van der Waals surface area contributed by atoms with Gasteiger partial charge in [0.15, 0.2) is 0 Å². The number of carboxylic acid groups (broad SMARTS) is 1. The molecule has 2 fully saturated rings. The molecule has 20 heavy (non-hydrogen) atoms. The zero-order valence-electron chi connectivity index (χ0n) is 12.8. The highest BCUT2D eigenvalue weighted by Gasteiger charge is 2.38. The van der Waals surface area contributed by atoms with Crippen LogP contribution in [0.4, 0.5) is 4.79 Å². The molecule has 0 aliphatic carbocycles. The van der Waals surface area contributed by atoms with E-state index in [-0.39, 0.29) is 11.9 Å². The summed E-state index contributed by atoms with van der Waals surface area (Å²) < 4.78 is 0. The number of likely N-dealkylation sites (tertiary alicyclic amines) is 2. The summed E-state index contributed by atoms with van der Waals surface area (Å²) in [5.74, 6) is -1.16. The molecule has 5 heteroatoms. The zero-order valence-corrected chi connectivity index (χ0v) is 12.8. The molecule has 2 amide bonds. The fourth-order valence-corrected chi connectivity index (χ4v) is 3.26. The van der Waals surface area contributed by atoms with Crippen molar-refractivity contribution in [3.63, 3.8) is 0 Å². The lowest BCUT2D eigenvalue weighted by atomic mass is 9.85. The highest BCUT2D eigenvalue weighted by atomic mass is 16.4. The van der Waals surface area contributed by atoms with E-state index >= 15 is 0 Å². The van der Waals surface area contributed by atoms with Crippen molar-refractivity contribution in [3.8, 4) is 0 Å². The molecule has 0 aromatic heterocycles. The van der Waals surface area contributed by atoms with Gasteiger partial charge in [0.05, 0.1) is 5.92 Å². The van der Waals surface area contributed by atoms with Crippen molar-refractivity contribution in [2.24, 2.45) is 17.3 Å². The third-order valence-electron chi connectivity index (χ3n) is 4.81. The molecule has 0 bridgehead atoms. The summed E-state index contributed by atoms with van der Waals surface area (Å²) in [4.78, 5) is 27.3. The lowest BCUT2D eigenvalue weighted by molar-refractivity contribution is -0.142. The minimum Gasteiger partial charge on any atom is -0.481 e. The summed E-state index contributed by atoms with van der Waals surface area (Å²) >= 11 is 0. The van der Waals surface area contributed by atoms with Gasteiger partial charge in [0.2, 0.25) is 0 Å². The van der Waals surface area contributed by atoms with Crippen molar-refractivity contribution in [2.45, 2.75) is 40.0 Å². The summed E-state index contributed by atoms with van der Waals surface area (Å²) in [5, 5.41) is 9.16. The highest BCUT2D eigenvalue weighted by molar-refractivity contribution is 5.77. The number of carbonyl (C=O) groups is 2. The first-order valence-electron chi connectivity index (χ1n) is 7.57. The zero-order chi connectivity index (χ0) is 14.9. The Labute approximate surface area is 120 Å². The molecule has 0 aromatic rings. The van der Waals surface area contributed by atoms with Gasteiger partial charge in [-0.2, -0.15) is 0 Å². The number of urea groups is 1. The third-order valence-corrected chi connectivity index (χ3v) is 4.81. The second-order valence-corrected chi connectivity index (χ2v) is 7.11. The maximum atomic E-state index is 12.5. The van der Waals surface area contributed by atoms with E-state index in [4.69, 9.17) is 5.11 Å². The number of hydrogen-bond donors (Lipinski definition) is 1. The van der Waals surface area contributed by atoms with E-state index in [1.165, 1.54) is 0 Å². The van der Waals surface area contributed by atoms with Gasteiger partial charge in [-0.25, -0.2) is 4.79 Å². The van der Waals surface area contributed by atoms with E-state index in [2.05, 4.69) is 13.8 Å². The van der Waals surface area contributed by atoms with Crippen LogP contribution in [0.25, 0.3) is 0 Å². The van der Waals surface area contributed by atoms with Gasteiger partial charge in [-0.1, -0.05) is 20.8 Å². The Bertz CT molecular complexity index is 395. The van der Waals surface area contributed by atoms with Crippen molar-refractivity contribution in [3.05, 3.63) is 0 Å². The van der Waals surface area contributed by atoms with Gasteiger partial charge >= 0.3 is 12.0 Å². The Morgan fingerprint density at radius 2 is 1.80 bits per heavy atom. The molecule has 114 valence electrons. The fraction of sp³-hybridized carbons (Fsp3) is 0.867. The Balaban J connectivity index is 1.97. The molecule has 2 aliphatic heterocycles. The number of hydrogen-bond acceptors (Lipinski definition) is 2. The van der Waals surface area contributed by atoms with Crippen LogP contribution in [-0.4, -0.2) is 53.1 Å². The molecule has 2 unspecified atom stereocenters. The minimum absolute atomic E-state index is 0.0262. The van der Waals surface area contributed by atoms with Crippen LogP contribution in [0.15, 0.2) is 0 Å². The van der Waals surface area contributed by atoms with Crippen molar-refractivity contribution in [1.82, 2.24) is 9.80 Å². The first-order chi connectivity index (χ1) is 9.30. The predicted octanol–water partition coefficient (Wildman–Crippen LogP) is 2.27. The molecular formula is C15H26N2O3. The van der Waals surface area contributed by atoms with Crippen molar-refractivity contribution >= 4 is 12.0 Å². The number of rotatable bonds is 1. The Hall–Kier alpha value is -1.26. The summed E-state index contributed by atoms with van der Waals surface area (Å²) in [5.41, 5.74) is 0.303. The predicted molar refractivity (Wildman–Crippen MR) is 76.5 cm³/mol. The SMILES string of the molecule is CC1CN(C(=O)N2CCCC(C)(C)CC2)CC1C(=O)O. The number of carboxylic acids is 1. The summed E-state index contributed by atoms with van der Waals surface area (Å²) in [6.07, 6.45) is 3.19. The van der Waals surface area contributed by atoms with Gasteiger partial charge in [0, 0.05) is 26.2 Å². The van der Waals surface area contributed by atoms with Crippen LogP contribution in [0.1, 0.15) is 40.0 Å². The molecule has 0 spiro atoms. The van der Waals surface area contributed by atoms with Gasteiger partial charge in [0.1, 0.15) is 0 Å². The van der Waals surface area contributed by atoms with Crippen molar-refractivity contribution in [1.29, 1.82) is 0 Å². The summed E-state index contributed by atoms with van der Waals surface area (Å²) in [6, 6.07) is 0.0262.